The quantitative estimate of drug-likeness (QED) is 0.385. The Morgan fingerprint density at radius 1 is 0.886 bits per heavy atom. The van der Waals surface area contributed by atoms with Crippen LogP contribution in [-0.4, -0.2) is 34.8 Å². The van der Waals surface area contributed by atoms with Crippen LogP contribution in [0.25, 0.3) is 5.82 Å². The molecular weight excluding hydrogens is 487 g/mol. The van der Waals surface area contributed by atoms with Crippen molar-refractivity contribution in [3.8, 4) is 23.2 Å². The van der Waals surface area contributed by atoms with Gasteiger partial charge in [0.25, 0.3) is 10.0 Å². The van der Waals surface area contributed by atoms with Gasteiger partial charge >= 0.3 is 6.36 Å². The lowest BCUT2D eigenvalue weighted by Crippen LogP contribution is -2.17. The van der Waals surface area contributed by atoms with Gasteiger partial charge in [0, 0.05) is 17.4 Å². The van der Waals surface area contributed by atoms with Crippen molar-refractivity contribution in [3.63, 3.8) is 0 Å². The zero-order valence-corrected chi connectivity index (χ0v) is 19.1. The highest BCUT2D eigenvalue weighted by Crippen LogP contribution is 2.26. The Balaban J connectivity index is 1.40. The number of hydrogen-bond donors (Lipinski definition) is 1. The molecule has 0 amide bonds. The van der Waals surface area contributed by atoms with Crippen LogP contribution in [0.2, 0.25) is 0 Å². The van der Waals surface area contributed by atoms with Crippen molar-refractivity contribution in [1.82, 2.24) is 20.0 Å². The standard InChI is InChI=1S/C22H18F3N5O4S/c1-14-13-15(2)30(28-14)20-11-12-21(27-26-20)33-17-5-3-16(4-6-17)29-35(31,32)19-9-7-18(8-10-19)34-22(23,24)25/h3-13,29H,1-2H3. The molecule has 0 aliphatic rings. The van der Waals surface area contributed by atoms with E-state index in [2.05, 4.69) is 24.8 Å². The summed E-state index contributed by atoms with van der Waals surface area (Å²) in [6.07, 6.45) is -4.87. The first-order valence-electron chi connectivity index (χ1n) is 10.0. The molecule has 0 atom stereocenters. The molecule has 182 valence electrons. The van der Waals surface area contributed by atoms with E-state index in [1.54, 1.807) is 16.8 Å². The van der Waals surface area contributed by atoms with Gasteiger partial charge in [-0.15, -0.1) is 23.4 Å². The predicted octanol–water partition coefficient (Wildman–Crippen LogP) is 4.77. The van der Waals surface area contributed by atoms with Crippen LogP contribution < -0.4 is 14.2 Å². The summed E-state index contributed by atoms with van der Waals surface area (Å²) in [5, 5.41) is 12.5. The summed E-state index contributed by atoms with van der Waals surface area (Å²) in [6, 6.07) is 15.1. The molecule has 0 aliphatic heterocycles. The monoisotopic (exact) mass is 505 g/mol. The Hall–Kier alpha value is -4.13. The summed E-state index contributed by atoms with van der Waals surface area (Å²) >= 11 is 0. The van der Waals surface area contributed by atoms with E-state index in [1.807, 2.05) is 19.9 Å². The van der Waals surface area contributed by atoms with E-state index in [9.17, 15) is 21.6 Å². The van der Waals surface area contributed by atoms with E-state index in [0.717, 1.165) is 35.7 Å². The summed E-state index contributed by atoms with van der Waals surface area (Å²) < 4.78 is 75.2. The molecule has 4 rings (SSSR count). The number of nitrogens with one attached hydrogen (secondary N) is 1. The number of alkyl halides is 3. The Labute approximate surface area is 198 Å². The Morgan fingerprint density at radius 2 is 1.54 bits per heavy atom. The smallest absolute Gasteiger partial charge is 0.438 e. The zero-order chi connectivity index (χ0) is 25.2. The molecule has 0 spiro atoms. The summed E-state index contributed by atoms with van der Waals surface area (Å²) in [6.45, 7) is 3.78. The highest BCUT2D eigenvalue weighted by atomic mass is 32.2. The number of benzene rings is 2. The molecule has 35 heavy (non-hydrogen) atoms. The number of ether oxygens (including phenoxy) is 2. The van der Waals surface area contributed by atoms with Crippen molar-refractivity contribution in [2.45, 2.75) is 25.1 Å². The van der Waals surface area contributed by atoms with Gasteiger partial charge in [0.2, 0.25) is 5.88 Å². The van der Waals surface area contributed by atoms with Crippen molar-refractivity contribution in [3.05, 3.63) is 78.1 Å². The topological polar surface area (TPSA) is 108 Å². The number of aromatic nitrogens is 4. The van der Waals surface area contributed by atoms with Gasteiger partial charge in [-0.25, -0.2) is 13.1 Å². The van der Waals surface area contributed by atoms with Crippen LogP contribution in [0.5, 0.6) is 17.4 Å². The zero-order valence-electron chi connectivity index (χ0n) is 18.3. The maximum absolute atomic E-state index is 12.5. The van der Waals surface area contributed by atoms with Crippen LogP contribution in [0.15, 0.2) is 71.6 Å². The van der Waals surface area contributed by atoms with Crippen LogP contribution in [0.1, 0.15) is 11.4 Å². The summed E-state index contributed by atoms with van der Waals surface area (Å²) in [5.41, 5.74) is 1.99. The second-order valence-electron chi connectivity index (χ2n) is 7.32. The molecule has 2 aromatic carbocycles. The highest BCUT2D eigenvalue weighted by Gasteiger charge is 2.31. The fraction of sp³-hybridized carbons (Fsp3) is 0.136. The molecule has 1 N–H and O–H groups in total. The number of halogens is 3. The molecule has 2 heterocycles. The summed E-state index contributed by atoms with van der Waals surface area (Å²) in [4.78, 5) is -0.231. The van der Waals surface area contributed by atoms with Gasteiger partial charge in [0.05, 0.1) is 10.6 Å². The van der Waals surface area contributed by atoms with Gasteiger partial charge in [-0.05, 0) is 74.5 Å². The van der Waals surface area contributed by atoms with E-state index >= 15 is 0 Å². The Kier molecular flexibility index (Phi) is 6.35. The minimum Gasteiger partial charge on any atom is -0.438 e. The third kappa shape index (κ3) is 6.06. The van der Waals surface area contributed by atoms with E-state index in [0.29, 0.717) is 11.6 Å². The number of aryl methyl sites for hydroxylation is 2. The average Bonchev–Trinajstić information content (AvgIpc) is 3.12. The van der Waals surface area contributed by atoms with Gasteiger partial charge in [0.15, 0.2) is 5.82 Å². The molecule has 0 saturated carbocycles. The Morgan fingerprint density at radius 3 is 2.09 bits per heavy atom. The fourth-order valence-corrected chi connectivity index (χ4v) is 4.15. The van der Waals surface area contributed by atoms with Gasteiger partial charge in [-0.2, -0.15) is 5.10 Å². The number of hydrogen-bond acceptors (Lipinski definition) is 7. The third-order valence-electron chi connectivity index (χ3n) is 4.55. The minimum atomic E-state index is -4.87. The molecule has 0 aliphatic carbocycles. The number of anilines is 1. The molecule has 13 heteroatoms. The number of nitrogens with zero attached hydrogens (tertiary/aromatic N) is 4. The first-order valence-corrected chi connectivity index (χ1v) is 11.5. The average molecular weight is 505 g/mol. The second kappa shape index (κ2) is 9.25. The lowest BCUT2D eigenvalue weighted by molar-refractivity contribution is -0.274. The van der Waals surface area contributed by atoms with Crippen LogP contribution in [0.3, 0.4) is 0 Å². The Bertz CT molecular complexity index is 1420. The predicted molar refractivity (Wildman–Crippen MR) is 119 cm³/mol. The van der Waals surface area contributed by atoms with Crippen molar-refractivity contribution in [2.75, 3.05) is 4.72 Å². The molecule has 0 unspecified atom stereocenters. The van der Waals surface area contributed by atoms with Gasteiger partial charge in [-0.3, -0.25) is 4.72 Å². The van der Waals surface area contributed by atoms with Crippen LogP contribution in [0.4, 0.5) is 18.9 Å². The molecule has 0 fully saturated rings. The molecule has 4 aromatic rings. The molecule has 9 nitrogen and oxygen atoms in total. The highest BCUT2D eigenvalue weighted by molar-refractivity contribution is 7.92. The molecule has 0 radical (unpaired) electrons. The number of rotatable bonds is 7. The van der Waals surface area contributed by atoms with Crippen LogP contribution in [0, 0.1) is 13.8 Å². The van der Waals surface area contributed by atoms with Crippen molar-refractivity contribution >= 4 is 15.7 Å². The van der Waals surface area contributed by atoms with Gasteiger partial charge in [0.1, 0.15) is 11.5 Å². The molecular formula is C22H18F3N5O4S. The summed E-state index contributed by atoms with van der Waals surface area (Å²) in [7, 11) is -4.04. The molecule has 2 aromatic heterocycles. The summed E-state index contributed by atoms with van der Waals surface area (Å²) in [5.74, 6) is 0.620. The van der Waals surface area contributed by atoms with Crippen molar-refractivity contribution < 1.29 is 31.1 Å². The first kappa shape index (κ1) is 24.0. The maximum Gasteiger partial charge on any atom is 0.573 e. The van der Waals surface area contributed by atoms with Crippen LogP contribution in [-0.2, 0) is 10.0 Å². The van der Waals surface area contributed by atoms with E-state index in [4.69, 9.17) is 4.74 Å². The number of sulfonamides is 1. The maximum atomic E-state index is 12.5. The second-order valence-corrected chi connectivity index (χ2v) is 9.00. The minimum absolute atomic E-state index is 0.221. The van der Waals surface area contributed by atoms with Gasteiger partial charge < -0.3 is 9.47 Å². The normalized spacial score (nSPS) is 11.8. The first-order chi connectivity index (χ1) is 16.5. The SMILES string of the molecule is Cc1cc(C)n(-c2ccc(Oc3ccc(NS(=O)(=O)c4ccc(OC(F)(F)F)cc4)cc3)nn2)n1. The van der Waals surface area contributed by atoms with E-state index < -0.39 is 22.1 Å². The van der Waals surface area contributed by atoms with Gasteiger partial charge in [-0.1, -0.05) is 0 Å². The third-order valence-corrected chi connectivity index (χ3v) is 5.95. The lowest BCUT2D eigenvalue weighted by atomic mass is 10.3. The van der Waals surface area contributed by atoms with E-state index in [1.165, 1.54) is 24.3 Å². The lowest BCUT2D eigenvalue weighted by Gasteiger charge is -2.11. The fourth-order valence-electron chi connectivity index (χ4n) is 3.09. The molecule has 0 bridgehead atoms. The largest absolute Gasteiger partial charge is 0.573 e. The van der Waals surface area contributed by atoms with Crippen molar-refractivity contribution in [2.24, 2.45) is 0 Å². The van der Waals surface area contributed by atoms with Crippen LogP contribution >= 0.6 is 0 Å². The van der Waals surface area contributed by atoms with Crippen molar-refractivity contribution in [1.29, 1.82) is 0 Å². The van der Waals surface area contributed by atoms with E-state index in [-0.39, 0.29) is 16.5 Å². The molecule has 0 saturated heterocycles.